The van der Waals surface area contributed by atoms with Gasteiger partial charge in [0.2, 0.25) is 35.4 Å². The Morgan fingerprint density at radius 3 is 1.79 bits per heavy atom. The Kier molecular flexibility index (Phi) is 14.6. The molecule has 2 aromatic carbocycles. The van der Waals surface area contributed by atoms with Crippen molar-refractivity contribution in [3.05, 3.63) is 69.8 Å². The maximum atomic E-state index is 14.4. The van der Waals surface area contributed by atoms with Gasteiger partial charge in [-0.3, -0.25) is 49.7 Å². The number of aliphatic hydroxyl groups excluding tert-OH is 3. The van der Waals surface area contributed by atoms with Crippen molar-refractivity contribution >= 4 is 53.0 Å². The van der Waals surface area contributed by atoms with Gasteiger partial charge in [0.15, 0.2) is 17.7 Å². The zero-order valence-corrected chi connectivity index (χ0v) is 32.4. The summed E-state index contributed by atoms with van der Waals surface area (Å²) in [4.78, 5) is 94.2. The highest BCUT2D eigenvalue weighted by Crippen LogP contribution is 2.27. The number of hydrogen-bond acceptors (Lipinski definition) is 14. The van der Waals surface area contributed by atoms with Crippen LogP contribution in [0.4, 0.5) is 5.69 Å². The topological polar surface area (TPSA) is 394 Å². The lowest BCUT2D eigenvalue weighted by atomic mass is 9.92. The quantitative estimate of drug-likeness (QED) is 0.0781. The first-order valence-corrected chi connectivity index (χ1v) is 18.9. The molecule has 3 aliphatic rings. The molecule has 10 unspecified atom stereocenters. The number of hydrogen-bond donors (Lipinski definition) is 16. The molecule has 5 rings (SSSR count). The molecule has 6 amide bonds. The minimum atomic E-state index is -2.06. The Morgan fingerprint density at radius 1 is 0.705 bits per heavy atom. The first-order chi connectivity index (χ1) is 29.0. The van der Waals surface area contributed by atoms with E-state index in [9.17, 15) is 59.3 Å². The van der Waals surface area contributed by atoms with Gasteiger partial charge in [-0.2, -0.15) is 0 Å². The van der Waals surface area contributed by atoms with Crippen LogP contribution in [0.5, 0.6) is 5.75 Å². The number of phenolic OH excluding ortho intramolecular Hbond substituents is 1. The number of nitrogens with zero attached hydrogens (tertiary/aromatic N) is 1. The molecule has 3 heterocycles. The predicted octanol–water partition coefficient (Wildman–Crippen LogP) is -6.09. The third kappa shape index (κ3) is 11.1. The number of benzene rings is 2. The maximum Gasteiger partial charge on any atom is 0.310 e. The van der Waals surface area contributed by atoms with Crippen molar-refractivity contribution in [3.63, 3.8) is 0 Å². The van der Waals surface area contributed by atoms with E-state index < -0.39 is 132 Å². The van der Waals surface area contributed by atoms with Crippen LogP contribution >= 0.6 is 0 Å². The summed E-state index contributed by atoms with van der Waals surface area (Å²) in [5.41, 5.74) is -0.157. The van der Waals surface area contributed by atoms with Crippen LogP contribution in [-0.2, 0) is 35.2 Å². The summed E-state index contributed by atoms with van der Waals surface area (Å²) in [6.45, 7) is -0.504. The lowest BCUT2D eigenvalue weighted by Crippen LogP contribution is -2.67. The van der Waals surface area contributed by atoms with Crippen molar-refractivity contribution in [2.24, 2.45) is 0 Å². The van der Waals surface area contributed by atoms with E-state index in [0.29, 0.717) is 5.56 Å². The molecule has 0 spiro atoms. The summed E-state index contributed by atoms with van der Waals surface area (Å²) in [5.74, 6) is -8.73. The maximum absolute atomic E-state index is 14.4. The van der Waals surface area contributed by atoms with Crippen LogP contribution in [0, 0.1) is 20.9 Å². The second-order valence-electron chi connectivity index (χ2n) is 14.5. The number of nitro benzene ring substituents is 1. The van der Waals surface area contributed by atoms with Crippen molar-refractivity contribution in [2.45, 2.75) is 73.8 Å². The van der Waals surface area contributed by atoms with Gasteiger partial charge in [0, 0.05) is 31.5 Å². The summed E-state index contributed by atoms with van der Waals surface area (Å²) in [5, 5.41) is 95.1. The van der Waals surface area contributed by atoms with Crippen molar-refractivity contribution in [2.75, 3.05) is 26.2 Å². The third-order valence-corrected chi connectivity index (χ3v) is 10.3. The van der Waals surface area contributed by atoms with Crippen LogP contribution in [0.3, 0.4) is 0 Å². The summed E-state index contributed by atoms with van der Waals surface area (Å²) in [7, 11) is 0. The highest BCUT2D eigenvalue weighted by atomic mass is 16.6. The van der Waals surface area contributed by atoms with Gasteiger partial charge >= 0.3 is 5.69 Å². The fraction of sp³-hybridized carbons (Fsp3) is 0.444. The molecule has 328 valence electrons. The first kappa shape index (κ1) is 45.0. The number of phenols is 1. The molecule has 25 heteroatoms. The number of rotatable bonds is 10. The molecule has 0 saturated carbocycles. The predicted molar refractivity (Wildman–Crippen MR) is 210 cm³/mol. The summed E-state index contributed by atoms with van der Waals surface area (Å²) < 4.78 is 0. The van der Waals surface area contributed by atoms with Gasteiger partial charge in [-0.1, -0.05) is 43.3 Å². The van der Waals surface area contributed by atoms with E-state index in [1.807, 2.05) is 0 Å². The summed E-state index contributed by atoms with van der Waals surface area (Å²) in [6.07, 6.45) is -4.34. The third-order valence-electron chi connectivity index (χ3n) is 10.3. The molecule has 61 heavy (non-hydrogen) atoms. The van der Waals surface area contributed by atoms with Gasteiger partial charge in [-0.05, 0) is 17.2 Å². The molecule has 3 saturated heterocycles. The molecule has 3 fully saturated rings. The number of amides is 6. The van der Waals surface area contributed by atoms with Crippen LogP contribution in [0.25, 0.3) is 0 Å². The Bertz CT molecular complexity index is 2040. The fourth-order valence-electron chi connectivity index (χ4n) is 6.87. The smallest absolute Gasteiger partial charge is 0.310 e. The molecule has 16 N–H and O–H groups in total. The molecule has 0 aromatic heterocycles. The number of aliphatic hydroxyl groups is 3. The van der Waals surface area contributed by atoms with Gasteiger partial charge in [0.05, 0.1) is 30.2 Å². The Balaban J connectivity index is 1.59. The van der Waals surface area contributed by atoms with Gasteiger partial charge in [0.25, 0.3) is 0 Å². The standard InChI is InChI=1S/C36H47N13O12/c1-15(17-5-3-2-4-6-17)25-32(57)42-18(9-16-7-8-23(51)22(10-16)49(60)61)31(56)47-27(29(54)20-12-41-36(38)45-20)34(59)48-26(28(53)19-11-40-35(37)44-19)33(58)43-21(14-50)30(55)39-13-24(52)46-25/h2-8,10,15,18-21,25-29,50-51,53-54H,9,11-14H2,1H3,(H,39,55)(H,42,57)(H,43,58)(H,46,52)(H,47,56)(H,48,59)(H3,37,40,44)(H3,38,41,45). The van der Waals surface area contributed by atoms with Gasteiger partial charge < -0.3 is 73.6 Å². The SMILES string of the molecule is CC(c1ccccc1)C1NC(=O)CNC(=O)C(CO)NC(=O)C(C(O)C2CNC(=N)N2)NC(=O)C(C(O)C2CNC(=N)N2)NC(=O)C(Cc2ccc(O)c([N+](=O)[O-])c2)NC1=O. The fourth-order valence-corrected chi connectivity index (χ4v) is 6.87. The number of nitro groups is 1. The van der Waals surface area contributed by atoms with Crippen LogP contribution in [0.1, 0.15) is 24.0 Å². The van der Waals surface area contributed by atoms with Crippen molar-refractivity contribution in [1.82, 2.24) is 53.2 Å². The van der Waals surface area contributed by atoms with E-state index in [2.05, 4.69) is 53.2 Å². The van der Waals surface area contributed by atoms with Crippen LogP contribution in [-0.4, -0.2) is 153 Å². The zero-order valence-electron chi connectivity index (χ0n) is 32.4. The molecule has 0 aliphatic carbocycles. The average Bonchev–Trinajstić information content (AvgIpc) is 3.89. The van der Waals surface area contributed by atoms with Crippen molar-refractivity contribution in [3.8, 4) is 5.75 Å². The Morgan fingerprint density at radius 2 is 1.25 bits per heavy atom. The number of nitrogens with one attached hydrogen (secondary N) is 12. The largest absolute Gasteiger partial charge is 0.502 e. The Hall–Kier alpha value is -7.12. The van der Waals surface area contributed by atoms with Crippen LogP contribution < -0.4 is 53.2 Å². The van der Waals surface area contributed by atoms with E-state index >= 15 is 0 Å². The Labute approximate surface area is 346 Å². The summed E-state index contributed by atoms with van der Waals surface area (Å²) >= 11 is 0. The molecule has 0 bridgehead atoms. The molecule has 25 nitrogen and oxygen atoms in total. The van der Waals surface area contributed by atoms with E-state index in [4.69, 9.17) is 10.8 Å². The second-order valence-corrected chi connectivity index (χ2v) is 14.5. The molecular weight excluding hydrogens is 806 g/mol. The minimum Gasteiger partial charge on any atom is -0.502 e. The van der Waals surface area contributed by atoms with Gasteiger partial charge in [-0.15, -0.1) is 0 Å². The van der Waals surface area contributed by atoms with Crippen LogP contribution in [0.15, 0.2) is 48.5 Å². The molecule has 10 atom stereocenters. The van der Waals surface area contributed by atoms with Crippen molar-refractivity contribution in [1.29, 1.82) is 10.8 Å². The van der Waals surface area contributed by atoms with Crippen LogP contribution in [0.2, 0.25) is 0 Å². The normalized spacial score (nSPS) is 27.0. The van der Waals surface area contributed by atoms with Gasteiger partial charge in [0.1, 0.15) is 42.4 Å². The van der Waals surface area contributed by atoms with Gasteiger partial charge in [-0.25, -0.2) is 0 Å². The molecule has 2 aromatic rings. The zero-order chi connectivity index (χ0) is 44.5. The molecule has 0 radical (unpaired) electrons. The van der Waals surface area contributed by atoms with E-state index in [0.717, 1.165) is 12.1 Å². The first-order valence-electron chi connectivity index (χ1n) is 18.9. The number of carbonyl (C=O) groups is 6. The second kappa shape index (κ2) is 19.8. The van der Waals surface area contributed by atoms with Crippen molar-refractivity contribution < 1.29 is 54.1 Å². The van der Waals surface area contributed by atoms with E-state index in [1.165, 1.54) is 6.07 Å². The minimum absolute atomic E-state index is 0.0321. The monoisotopic (exact) mass is 853 g/mol. The average molecular weight is 854 g/mol. The lowest BCUT2D eigenvalue weighted by Gasteiger charge is -2.33. The number of aromatic hydroxyl groups is 1. The highest BCUT2D eigenvalue weighted by Gasteiger charge is 2.43. The molecule has 3 aliphatic heterocycles. The number of guanidine groups is 2. The lowest BCUT2D eigenvalue weighted by molar-refractivity contribution is -0.385. The summed E-state index contributed by atoms with van der Waals surface area (Å²) in [6, 6.07) is 0.240. The highest BCUT2D eigenvalue weighted by molar-refractivity contribution is 5.98. The van der Waals surface area contributed by atoms with E-state index in [1.54, 1.807) is 37.3 Å². The van der Waals surface area contributed by atoms with E-state index in [-0.39, 0.29) is 30.6 Å². The molecular formula is C36H47N13O12. The number of carbonyl (C=O) groups excluding carboxylic acids is 6.